The predicted molar refractivity (Wildman–Crippen MR) is 147 cm³/mol. The summed E-state index contributed by atoms with van der Waals surface area (Å²) in [6.07, 6.45) is 7.38. The average Bonchev–Trinajstić information content (AvgIpc) is 3.12. The molecule has 0 bridgehead atoms. The highest BCUT2D eigenvalue weighted by atomic mass is 19.1. The second-order valence-corrected chi connectivity index (χ2v) is 12.9. The maximum absolute atomic E-state index is 17.5. The van der Waals surface area contributed by atoms with Crippen LogP contribution in [-0.2, 0) is 28.7 Å². The highest BCUT2D eigenvalue weighted by Gasteiger charge is 2.77. The Kier molecular flexibility index (Phi) is 8.53. The van der Waals surface area contributed by atoms with Crippen LogP contribution in [0.2, 0.25) is 0 Å². The van der Waals surface area contributed by atoms with E-state index in [0.717, 1.165) is 12.8 Å². The molecule has 0 spiro atoms. The number of hydrogen-bond donors (Lipinski definition) is 1. The number of rotatable bonds is 10. The van der Waals surface area contributed by atoms with E-state index in [1.54, 1.807) is 13.0 Å². The van der Waals surface area contributed by atoms with Crippen molar-refractivity contribution in [2.45, 2.75) is 116 Å². The Hall–Kier alpha value is -2.35. The molecule has 0 aromatic carbocycles. The zero-order valence-corrected chi connectivity index (χ0v) is 24.6. The molecule has 3 fully saturated rings. The summed E-state index contributed by atoms with van der Waals surface area (Å²) in [5, 5.41) is 11.7. The van der Waals surface area contributed by atoms with Crippen LogP contribution in [0.15, 0.2) is 23.8 Å². The number of ketones is 2. The van der Waals surface area contributed by atoms with Crippen molar-refractivity contribution in [3.63, 3.8) is 0 Å². The molecule has 7 nitrogen and oxygen atoms in total. The minimum Gasteiger partial charge on any atom is -0.457 e. The van der Waals surface area contributed by atoms with Crippen LogP contribution in [-0.4, -0.2) is 52.6 Å². The fourth-order valence-electron chi connectivity index (χ4n) is 8.60. The zero-order valence-electron chi connectivity index (χ0n) is 24.6. The molecule has 4 rings (SSSR count). The third kappa shape index (κ3) is 4.49. The number of alkyl halides is 1. The number of hydrogen-bond acceptors (Lipinski definition) is 7. The van der Waals surface area contributed by atoms with E-state index in [9.17, 15) is 24.3 Å². The molecule has 4 aliphatic rings. The minimum atomic E-state index is -2.06. The Labute approximate surface area is 236 Å². The summed E-state index contributed by atoms with van der Waals surface area (Å²) in [5.74, 6) is -3.17. The number of aliphatic hydroxyl groups is 1. The SMILES string of the molecule is CCCCC(=O)OCC(=O)[C@]1(OC(=O)CCCC)[C@H](C)C[C@@H]2[C@H]3CCC4=CC(=O)C=C[C@]4(C)[C@]3(F)[C@@H](O)C[C@]21C. The van der Waals surface area contributed by atoms with Crippen molar-refractivity contribution >= 4 is 23.5 Å². The Bertz CT molecular complexity index is 1110. The van der Waals surface area contributed by atoms with E-state index in [2.05, 4.69) is 0 Å². The van der Waals surface area contributed by atoms with Gasteiger partial charge in [-0.15, -0.1) is 0 Å². The van der Waals surface area contributed by atoms with Crippen molar-refractivity contribution in [3.05, 3.63) is 23.8 Å². The molecule has 8 atom stereocenters. The zero-order chi connectivity index (χ0) is 29.5. The normalized spacial score (nSPS) is 40.0. The lowest BCUT2D eigenvalue weighted by atomic mass is 9.44. The summed E-state index contributed by atoms with van der Waals surface area (Å²) in [5.41, 5.74) is -5.27. The lowest BCUT2D eigenvalue weighted by molar-refractivity contribution is -0.228. The maximum Gasteiger partial charge on any atom is 0.306 e. The number of halogens is 1. The monoisotopic (exact) mass is 560 g/mol. The van der Waals surface area contributed by atoms with Gasteiger partial charge in [0.1, 0.15) is 0 Å². The second kappa shape index (κ2) is 11.1. The van der Waals surface area contributed by atoms with E-state index in [-0.39, 0.29) is 31.0 Å². The molecule has 3 saturated carbocycles. The number of allylic oxidation sites excluding steroid dienone is 4. The third-order valence-electron chi connectivity index (χ3n) is 10.7. The maximum atomic E-state index is 17.5. The fraction of sp³-hybridized carbons (Fsp3) is 0.750. The molecule has 0 aromatic heterocycles. The van der Waals surface area contributed by atoms with Crippen LogP contribution in [0.4, 0.5) is 4.39 Å². The number of ether oxygens (including phenoxy) is 2. The Morgan fingerprint density at radius 3 is 2.38 bits per heavy atom. The van der Waals surface area contributed by atoms with Crippen molar-refractivity contribution < 1.29 is 38.1 Å². The summed E-state index contributed by atoms with van der Waals surface area (Å²) in [6, 6.07) is 0. The predicted octanol–water partition coefficient (Wildman–Crippen LogP) is 5.38. The topological polar surface area (TPSA) is 107 Å². The van der Waals surface area contributed by atoms with Crippen LogP contribution in [0.5, 0.6) is 0 Å². The average molecular weight is 561 g/mol. The number of Topliss-reactive ketones (excluding diaryl/α,β-unsaturated/α-hetero) is 1. The van der Waals surface area contributed by atoms with Gasteiger partial charge in [-0.3, -0.25) is 19.2 Å². The van der Waals surface area contributed by atoms with Crippen LogP contribution in [0.25, 0.3) is 0 Å². The molecule has 0 aliphatic heterocycles. The Morgan fingerprint density at radius 1 is 1.07 bits per heavy atom. The van der Waals surface area contributed by atoms with Crippen LogP contribution in [0.3, 0.4) is 0 Å². The van der Waals surface area contributed by atoms with Crippen molar-refractivity contribution in [1.29, 1.82) is 0 Å². The number of esters is 2. The first-order valence-corrected chi connectivity index (χ1v) is 15.0. The molecule has 0 unspecified atom stereocenters. The summed E-state index contributed by atoms with van der Waals surface area (Å²) in [7, 11) is 0. The standard InChI is InChI=1S/C32H45FO7/c1-6-8-10-27(37)39-19-26(36)32(40-28(38)11-9-7-2)20(3)16-24-23-13-12-21-17-22(34)14-15-29(21,4)31(23,33)25(35)18-30(24,32)5/h14-15,17,20,23-25,35H,6-13,16,18-19H2,1-5H3/t20-,23-,24-,25+,29+,30-,31-,32-/m1/s1. The number of carbonyl (C=O) groups is 4. The summed E-state index contributed by atoms with van der Waals surface area (Å²) in [4.78, 5) is 51.7. The van der Waals surface area contributed by atoms with Crippen LogP contribution in [0.1, 0.15) is 98.8 Å². The van der Waals surface area contributed by atoms with Gasteiger partial charge >= 0.3 is 11.9 Å². The first-order chi connectivity index (χ1) is 18.8. The quantitative estimate of drug-likeness (QED) is 0.358. The first kappa shape index (κ1) is 30.6. The molecule has 0 radical (unpaired) electrons. The molecule has 0 saturated heterocycles. The van der Waals surface area contributed by atoms with E-state index in [0.29, 0.717) is 37.7 Å². The summed E-state index contributed by atoms with van der Waals surface area (Å²) in [6.45, 7) is 8.80. The van der Waals surface area contributed by atoms with Gasteiger partial charge in [-0.1, -0.05) is 52.2 Å². The molecule has 8 heteroatoms. The van der Waals surface area contributed by atoms with Gasteiger partial charge in [-0.05, 0) is 63.5 Å². The molecule has 0 aromatic rings. The molecular formula is C32H45FO7. The van der Waals surface area contributed by atoms with Gasteiger partial charge in [-0.2, -0.15) is 0 Å². The molecule has 40 heavy (non-hydrogen) atoms. The highest BCUT2D eigenvalue weighted by Crippen LogP contribution is 2.71. The number of carbonyl (C=O) groups excluding carboxylic acids is 4. The summed E-state index contributed by atoms with van der Waals surface area (Å²) >= 11 is 0. The molecular weight excluding hydrogens is 515 g/mol. The van der Waals surface area contributed by atoms with Crippen molar-refractivity contribution in [2.75, 3.05) is 6.61 Å². The van der Waals surface area contributed by atoms with Gasteiger partial charge in [0.2, 0.25) is 5.78 Å². The van der Waals surface area contributed by atoms with Gasteiger partial charge in [-0.25, -0.2) is 4.39 Å². The smallest absolute Gasteiger partial charge is 0.306 e. The van der Waals surface area contributed by atoms with E-state index in [4.69, 9.17) is 9.47 Å². The molecule has 0 heterocycles. The van der Waals surface area contributed by atoms with E-state index < -0.39 is 64.4 Å². The van der Waals surface area contributed by atoms with Crippen LogP contribution >= 0.6 is 0 Å². The Morgan fingerprint density at radius 2 is 1.73 bits per heavy atom. The van der Waals surface area contributed by atoms with Crippen LogP contribution in [0, 0.1) is 28.6 Å². The van der Waals surface area contributed by atoms with E-state index in [1.165, 1.54) is 12.2 Å². The van der Waals surface area contributed by atoms with E-state index >= 15 is 4.39 Å². The fourth-order valence-corrected chi connectivity index (χ4v) is 8.60. The minimum absolute atomic E-state index is 0.101. The van der Waals surface area contributed by atoms with Crippen molar-refractivity contribution in [1.82, 2.24) is 0 Å². The van der Waals surface area contributed by atoms with Crippen molar-refractivity contribution in [3.8, 4) is 0 Å². The number of unbranched alkanes of at least 4 members (excludes halogenated alkanes) is 2. The van der Waals surface area contributed by atoms with Gasteiger partial charge in [0, 0.05) is 35.5 Å². The van der Waals surface area contributed by atoms with Gasteiger partial charge in [0.15, 0.2) is 23.7 Å². The molecule has 1 N–H and O–H groups in total. The first-order valence-electron chi connectivity index (χ1n) is 15.0. The third-order valence-corrected chi connectivity index (χ3v) is 10.7. The number of fused-ring (bicyclic) bond motifs is 5. The van der Waals surface area contributed by atoms with E-state index in [1.807, 2.05) is 27.7 Å². The van der Waals surface area contributed by atoms with Crippen molar-refractivity contribution in [2.24, 2.45) is 28.6 Å². The Balaban J connectivity index is 1.74. The summed E-state index contributed by atoms with van der Waals surface area (Å²) < 4.78 is 29.1. The lowest BCUT2D eigenvalue weighted by Gasteiger charge is -2.62. The lowest BCUT2D eigenvalue weighted by Crippen LogP contribution is -2.70. The van der Waals surface area contributed by atoms with Crippen LogP contribution < -0.4 is 0 Å². The number of aliphatic hydroxyl groups excluding tert-OH is 1. The van der Waals surface area contributed by atoms with Gasteiger partial charge in [0.25, 0.3) is 0 Å². The van der Waals surface area contributed by atoms with Gasteiger partial charge < -0.3 is 14.6 Å². The molecule has 4 aliphatic carbocycles. The second-order valence-electron chi connectivity index (χ2n) is 12.9. The molecule has 0 amide bonds. The molecule has 222 valence electrons. The van der Waals surface area contributed by atoms with Gasteiger partial charge in [0.05, 0.1) is 6.10 Å². The largest absolute Gasteiger partial charge is 0.457 e. The highest BCUT2D eigenvalue weighted by molar-refractivity contribution is 6.01.